The Balaban J connectivity index is 0.000000777. The number of rotatable bonds is 14. The molecule has 0 aromatic carbocycles. The van der Waals surface area contributed by atoms with Gasteiger partial charge >= 0.3 is 0 Å². The maximum atomic E-state index is 12.1. The van der Waals surface area contributed by atoms with Gasteiger partial charge in [0, 0.05) is 36.1 Å². The van der Waals surface area contributed by atoms with E-state index in [-0.39, 0.29) is 24.2 Å². The minimum absolute atomic E-state index is 0.000926. The van der Waals surface area contributed by atoms with Gasteiger partial charge in [-0.1, -0.05) is 67.9 Å². The molecule has 3 fully saturated rings. The first-order valence-electron chi connectivity index (χ1n) is 15.0. The molecule has 1 heterocycles. The highest BCUT2D eigenvalue weighted by Crippen LogP contribution is 2.50. The van der Waals surface area contributed by atoms with Gasteiger partial charge in [0.05, 0.1) is 19.3 Å². The average molecular weight is 575 g/mol. The van der Waals surface area contributed by atoms with Gasteiger partial charge in [-0.3, -0.25) is 4.79 Å². The molecule has 4 unspecified atom stereocenters. The summed E-state index contributed by atoms with van der Waals surface area (Å²) >= 11 is 0. The van der Waals surface area contributed by atoms with E-state index in [2.05, 4.69) is 31.1 Å². The van der Waals surface area contributed by atoms with Crippen LogP contribution in [0, 0.1) is 5.92 Å². The molecule has 0 aromatic heterocycles. The molecule has 2 aliphatic carbocycles. The Bertz CT molecular complexity index is 645. The first-order chi connectivity index (χ1) is 18.3. The highest BCUT2D eigenvalue weighted by Gasteiger charge is 2.36. The van der Waals surface area contributed by atoms with Gasteiger partial charge in [0.25, 0.3) is 0 Å². The lowest BCUT2D eigenvalue weighted by Gasteiger charge is -2.39. The predicted molar refractivity (Wildman–Crippen MR) is 166 cm³/mol. The first kappa shape index (κ1) is 35.8. The van der Waals surface area contributed by atoms with Gasteiger partial charge in [0.15, 0.2) is 0 Å². The summed E-state index contributed by atoms with van der Waals surface area (Å²) in [6, 6.07) is 0.866. The summed E-state index contributed by atoms with van der Waals surface area (Å²) < 4.78 is 17.5. The molecule has 0 radical (unpaired) electrons. The third-order valence-electron chi connectivity index (χ3n) is 7.14. The number of allylic oxidation sites excluding steroid dienone is 1. The van der Waals surface area contributed by atoms with Crippen LogP contribution in [0.5, 0.6) is 0 Å². The number of carbonyl (C=O) groups is 1. The minimum Gasteiger partial charge on any atom is -0.376 e. The summed E-state index contributed by atoms with van der Waals surface area (Å²) in [6.07, 6.45) is 10.5. The molecular weight excluding hydrogens is 516 g/mol. The third kappa shape index (κ3) is 14.4. The van der Waals surface area contributed by atoms with E-state index in [0.29, 0.717) is 43.5 Å². The zero-order valence-electron chi connectivity index (χ0n) is 25.4. The van der Waals surface area contributed by atoms with Crippen LogP contribution in [0.4, 0.5) is 0 Å². The largest absolute Gasteiger partial charge is 0.376 e. The van der Waals surface area contributed by atoms with Gasteiger partial charge in [-0.05, 0) is 71.8 Å². The standard InChI is InChI=1S/C23H41NO4S2.C5H11N.C2H6/c1-6-23(13-18(4)12-19(5)14-23)30-29-11-8-22(25)24-9-7-10-27-20-15-26-16-21(20)28-17(2)3;1-6-5-3-2-4-5;1-2/h17,19-21H,4,6-16H2,1-3,5H3,(H,24,25);5-6H,2-4H2,1H3;1-2H3. The summed E-state index contributed by atoms with van der Waals surface area (Å²) in [5.74, 6) is 1.69. The molecular formula is C30H58N2O4S2. The summed E-state index contributed by atoms with van der Waals surface area (Å²) in [5.41, 5.74) is 1.38. The van der Waals surface area contributed by atoms with E-state index >= 15 is 0 Å². The summed E-state index contributed by atoms with van der Waals surface area (Å²) in [6.45, 7) is 19.3. The van der Waals surface area contributed by atoms with Gasteiger partial charge in [0.1, 0.15) is 12.2 Å². The maximum absolute atomic E-state index is 12.1. The Morgan fingerprint density at radius 2 is 1.95 bits per heavy atom. The Hall–Kier alpha value is -0.250. The molecule has 8 heteroatoms. The van der Waals surface area contributed by atoms with E-state index < -0.39 is 0 Å². The van der Waals surface area contributed by atoms with E-state index in [0.717, 1.165) is 37.5 Å². The molecule has 0 bridgehead atoms. The smallest absolute Gasteiger partial charge is 0.220 e. The number of ether oxygens (including phenoxy) is 3. The SMILES string of the molecule is C=C1CC(C)CC(CC)(SSCCC(=O)NCCCOC2COCC2OC(C)C)C1.CC.CNC1CCC1. The van der Waals surface area contributed by atoms with Crippen molar-refractivity contribution in [2.45, 2.75) is 128 Å². The normalized spacial score (nSPS) is 27.2. The topological polar surface area (TPSA) is 68.8 Å². The summed E-state index contributed by atoms with van der Waals surface area (Å²) in [7, 11) is 5.85. The van der Waals surface area contributed by atoms with Crippen LogP contribution in [-0.4, -0.2) is 74.2 Å². The van der Waals surface area contributed by atoms with Crippen molar-refractivity contribution in [2.24, 2.45) is 5.92 Å². The van der Waals surface area contributed by atoms with E-state index in [1.54, 1.807) is 0 Å². The van der Waals surface area contributed by atoms with Crippen LogP contribution < -0.4 is 10.6 Å². The fraction of sp³-hybridized carbons (Fsp3) is 0.900. The van der Waals surface area contributed by atoms with Gasteiger partial charge in [-0.15, -0.1) is 0 Å². The second-order valence-electron chi connectivity index (χ2n) is 10.9. The first-order valence-corrected chi connectivity index (χ1v) is 17.3. The second kappa shape index (κ2) is 20.6. The molecule has 38 heavy (non-hydrogen) atoms. The molecule has 1 saturated heterocycles. The van der Waals surface area contributed by atoms with E-state index in [9.17, 15) is 4.79 Å². The molecule has 224 valence electrons. The number of hydrogen-bond acceptors (Lipinski definition) is 7. The molecule has 0 aromatic rings. The number of hydrogen-bond donors (Lipinski definition) is 2. The highest BCUT2D eigenvalue weighted by molar-refractivity contribution is 8.77. The Morgan fingerprint density at radius 1 is 1.24 bits per heavy atom. The van der Waals surface area contributed by atoms with Crippen LogP contribution in [0.3, 0.4) is 0 Å². The molecule has 6 nitrogen and oxygen atoms in total. The summed E-state index contributed by atoms with van der Waals surface area (Å²) in [5, 5.41) is 6.21. The van der Waals surface area contributed by atoms with E-state index in [1.807, 2.05) is 56.3 Å². The van der Waals surface area contributed by atoms with Crippen molar-refractivity contribution in [2.75, 3.05) is 39.2 Å². The van der Waals surface area contributed by atoms with E-state index in [4.69, 9.17) is 14.2 Å². The molecule has 4 atom stereocenters. The zero-order chi connectivity index (χ0) is 28.4. The van der Waals surface area contributed by atoms with Crippen molar-refractivity contribution in [3.05, 3.63) is 12.2 Å². The number of carbonyl (C=O) groups excluding carboxylic acids is 1. The molecule has 2 saturated carbocycles. The highest BCUT2D eigenvalue weighted by atomic mass is 33.1. The van der Waals surface area contributed by atoms with E-state index in [1.165, 1.54) is 31.3 Å². The van der Waals surface area contributed by atoms with Gasteiger partial charge < -0.3 is 24.8 Å². The average Bonchev–Trinajstić information content (AvgIpc) is 3.28. The lowest BCUT2D eigenvalue weighted by Crippen LogP contribution is -2.33. The fourth-order valence-corrected chi connectivity index (χ4v) is 8.28. The van der Waals surface area contributed by atoms with Crippen LogP contribution >= 0.6 is 21.6 Å². The summed E-state index contributed by atoms with van der Waals surface area (Å²) in [4.78, 5) is 12.1. The van der Waals surface area contributed by atoms with Crippen molar-refractivity contribution in [1.29, 1.82) is 0 Å². The van der Waals surface area contributed by atoms with Crippen molar-refractivity contribution in [1.82, 2.24) is 10.6 Å². The predicted octanol–water partition coefficient (Wildman–Crippen LogP) is 6.78. The fourth-order valence-electron chi connectivity index (χ4n) is 4.96. The zero-order valence-corrected chi connectivity index (χ0v) is 27.1. The molecule has 0 spiro atoms. The molecule has 1 amide bonds. The Morgan fingerprint density at radius 3 is 2.50 bits per heavy atom. The molecule has 3 rings (SSSR count). The number of amides is 1. The van der Waals surface area contributed by atoms with Crippen molar-refractivity contribution >= 4 is 27.5 Å². The third-order valence-corrected chi connectivity index (χ3v) is 10.5. The molecule has 2 N–H and O–H groups in total. The lowest BCUT2D eigenvalue weighted by atomic mass is 9.78. The molecule has 1 aliphatic heterocycles. The Labute approximate surface area is 242 Å². The van der Waals surface area contributed by atoms with Gasteiger partial charge in [-0.2, -0.15) is 0 Å². The van der Waals surface area contributed by atoms with Crippen LogP contribution in [-0.2, 0) is 19.0 Å². The number of nitrogens with one attached hydrogen (secondary N) is 2. The molecule has 3 aliphatic rings. The monoisotopic (exact) mass is 574 g/mol. The van der Waals surface area contributed by atoms with Crippen LogP contribution in [0.15, 0.2) is 12.2 Å². The van der Waals surface area contributed by atoms with Gasteiger partial charge in [-0.25, -0.2) is 0 Å². The van der Waals surface area contributed by atoms with Crippen LogP contribution in [0.1, 0.15) is 99.3 Å². The Kier molecular flexibility index (Phi) is 19.4. The van der Waals surface area contributed by atoms with Crippen molar-refractivity contribution < 1.29 is 19.0 Å². The maximum Gasteiger partial charge on any atom is 0.220 e. The van der Waals surface area contributed by atoms with Crippen LogP contribution in [0.2, 0.25) is 0 Å². The second-order valence-corrected chi connectivity index (χ2v) is 13.8. The van der Waals surface area contributed by atoms with Crippen molar-refractivity contribution in [3.8, 4) is 0 Å². The minimum atomic E-state index is 0.000926. The van der Waals surface area contributed by atoms with Crippen molar-refractivity contribution in [3.63, 3.8) is 0 Å². The van der Waals surface area contributed by atoms with Crippen LogP contribution in [0.25, 0.3) is 0 Å². The van der Waals surface area contributed by atoms with Gasteiger partial charge in [0.2, 0.25) is 5.91 Å². The lowest BCUT2D eigenvalue weighted by molar-refractivity contribution is -0.120. The quantitative estimate of drug-likeness (QED) is 0.135.